The van der Waals surface area contributed by atoms with Crippen molar-refractivity contribution in [3.05, 3.63) is 30.1 Å². The molecule has 0 amide bonds. The van der Waals surface area contributed by atoms with Gasteiger partial charge in [0.2, 0.25) is 0 Å². The predicted molar refractivity (Wildman–Crippen MR) is 56.5 cm³/mol. The molecule has 0 saturated heterocycles. The topological polar surface area (TPSA) is 41.5 Å². The second-order valence-corrected chi connectivity index (χ2v) is 3.13. The Morgan fingerprint density at radius 3 is 2.60 bits per heavy atom. The number of halogens is 1. The summed E-state index contributed by atoms with van der Waals surface area (Å²) < 4.78 is 17.9. The van der Waals surface area contributed by atoms with Crippen LogP contribution in [-0.2, 0) is 0 Å². The third-order valence-corrected chi connectivity index (χ3v) is 1.87. The van der Waals surface area contributed by atoms with E-state index in [1.165, 1.54) is 12.1 Å². The van der Waals surface area contributed by atoms with Crippen molar-refractivity contribution in [2.45, 2.75) is 6.42 Å². The maximum Gasteiger partial charge on any atom is 0.123 e. The minimum Gasteiger partial charge on any atom is -0.494 e. The zero-order valence-corrected chi connectivity index (χ0v) is 8.58. The Balaban J connectivity index is 2.07. The maximum absolute atomic E-state index is 12.5. The van der Waals surface area contributed by atoms with Crippen LogP contribution in [0.2, 0.25) is 0 Å². The van der Waals surface area contributed by atoms with Gasteiger partial charge in [0.05, 0.1) is 13.2 Å². The second-order valence-electron chi connectivity index (χ2n) is 3.13. The number of aliphatic hydroxyl groups is 1. The van der Waals surface area contributed by atoms with Crippen molar-refractivity contribution in [1.82, 2.24) is 5.32 Å². The fraction of sp³-hybridized carbons (Fsp3) is 0.455. The lowest BCUT2D eigenvalue weighted by atomic mass is 10.3. The molecule has 0 aromatic heterocycles. The molecule has 0 radical (unpaired) electrons. The number of rotatable bonds is 7. The lowest BCUT2D eigenvalue weighted by Gasteiger charge is -2.06. The number of aliphatic hydroxyl groups excluding tert-OH is 1. The van der Waals surface area contributed by atoms with Crippen LogP contribution in [0.15, 0.2) is 24.3 Å². The Morgan fingerprint density at radius 1 is 1.20 bits per heavy atom. The van der Waals surface area contributed by atoms with Crippen molar-refractivity contribution < 1.29 is 14.2 Å². The molecule has 15 heavy (non-hydrogen) atoms. The van der Waals surface area contributed by atoms with Gasteiger partial charge in [0.25, 0.3) is 0 Å². The van der Waals surface area contributed by atoms with Crippen molar-refractivity contribution >= 4 is 0 Å². The van der Waals surface area contributed by atoms with Crippen LogP contribution in [0, 0.1) is 5.82 Å². The van der Waals surface area contributed by atoms with E-state index in [-0.39, 0.29) is 12.4 Å². The van der Waals surface area contributed by atoms with Gasteiger partial charge in [-0.2, -0.15) is 0 Å². The first-order chi connectivity index (χ1) is 7.33. The average Bonchev–Trinajstić information content (AvgIpc) is 2.26. The molecule has 0 spiro atoms. The van der Waals surface area contributed by atoms with E-state index in [0.717, 1.165) is 13.0 Å². The summed E-state index contributed by atoms with van der Waals surface area (Å²) in [6.45, 7) is 2.15. The molecule has 84 valence electrons. The van der Waals surface area contributed by atoms with E-state index in [1.54, 1.807) is 12.1 Å². The Kier molecular flexibility index (Phi) is 5.73. The molecule has 0 aliphatic rings. The normalized spacial score (nSPS) is 10.3. The Morgan fingerprint density at radius 2 is 1.93 bits per heavy atom. The zero-order chi connectivity index (χ0) is 10.9. The molecule has 0 unspecified atom stereocenters. The van der Waals surface area contributed by atoms with Crippen molar-refractivity contribution in [1.29, 1.82) is 0 Å². The number of hydrogen-bond acceptors (Lipinski definition) is 3. The summed E-state index contributed by atoms with van der Waals surface area (Å²) in [7, 11) is 0. The number of hydrogen-bond donors (Lipinski definition) is 2. The molecule has 1 aromatic carbocycles. The Bertz CT molecular complexity index is 264. The van der Waals surface area contributed by atoms with E-state index in [9.17, 15) is 4.39 Å². The molecule has 0 atom stereocenters. The monoisotopic (exact) mass is 213 g/mol. The molecule has 0 saturated carbocycles. The molecule has 0 bridgehead atoms. The fourth-order valence-electron chi connectivity index (χ4n) is 1.12. The largest absolute Gasteiger partial charge is 0.494 e. The Hall–Kier alpha value is -1.13. The number of benzene rings is 1. The molecule has 3 nitrogen and oxygen atoms in total. The summed E-state index contributed by atoms with van der Waals surface area (Å²) in [5.74, 6) is 0.422. The lowest BCUT2D eigenvalue weighted by Crippen LogP contribution is -2.20. The van der Waals surface area contributed by atoms with E-state index in [4.69, 9.17) is 9.84 Å². The molecule has 1 aromatic rings. The molecule has 0 fully saturated rings. The van der Waals surface area contributed by atoms with Gasteiger partial charge < -0.3 is 15.2 Å². The number of ether oxygens (including phenoxy) is 1. The second kappa shape index (κ2) is 7.20. The SMILES string of the molecule is OCCNCCCOc1ccc(F)cc1. The van der Waals surface area contributed by atoms with Crippen LogP contribution in [0.4, 0.5) is 4.39 Å². The molecular weight excluding hydrogens is 197 g/mol. The van der Waals surface area contributed by atoms with E-state index < -0.39 is 0 Å². The predicted octanol–water partition coefficient (Wildman–Crippen LogP) is 1.18. The van der Waals surface area contributed by atoms with Gasteiger partial charge >= 0.3 is 0 Å². The van der Waals surface area contributed by atoms with Crippen molar-refractivity contribution in [2.24, 2.45) is 0 Å². The highest BCUT2D eigenvalue weighted by molar-refractivity contribution is 5.21. The summed E-state index contributed by atoms with van der Waals surface area (Å²) in [4.78, 5) is 0. The smallest absolute Gasteiger partial charge is 0.123 e. The minimum atomic E-state index is -0.257. The standard InChI is InChI=1S/C11H16FNO2/c12-10-2-4-11(5-3-10)15-9-1-6-13-7-8-14/h2-5,13-14H,1,6-9H2. The molecule has 0 heterocycles. The minimum absolute atomic E-state index is 0.152. The fourth-order valence-corrected chi connectivity index (χ4v) is 1.12. The van der Waals surface area contributed by atoms with Crippen LogP contribution in [0.25, 0.3) is 0 Å². The summed E-state index contributed by atoms with van der Waals surface area (Å²) in [6.07, 6.45) is 0.859. The third-order valence-electron chi connectivity index (χ3n) is 1.87. The molecule has 0 aliphatic heterocycles. The first-order valence-corrected chi connectivity index (χ1v) is 5.03. The van der Waals surface area contributed by atoms with E-state index in [0.29, 0.717) is 18.9 Å². The van der Waals surface area contributed by atoms with Gasteiger partial charge in [0.15, 0.2) is 0 Å². The van der Waals surface area contributed by atoms with Gasteiger partial charge in [0, 0.05) is 6.54 Å². The first-order valence-electron chi connectivity index (χ1n) is 5.03. The summed E-state index contributed by atoms with van der Waals surface area (Å²) in [5, 5.41) is 11.5. The maximum atomic E-state index is 12.5. The lowest BCUT2D eigenvalue weighted by molar-refractivity contribution is 0.282. The van der Waals surface area contributed by atoms with Gasteiger partial charge in [0.1, 0.15) is 11.6 Å². The van der Waals surface area contributed by atoms with Crippen LogP contribution >= 0.6 is 0 Å². The van der Waals surface area contributed by atoms with Gasteiger partial charge in [-0.3, -0.25) is 0 Å². The van der Waals surface area contributed by atoms with Crippen LogP contribution in [0.5, 0.6) is 5.75 Å². The van der Waals surface area contributed by atoms with Crippen LogP contribution < -0.4 is 10.1 Å². The van der Waals surface area contributed by atoms with Gasteiger partial charge in [-0.1, -0.05) is 0 Å². The van der Waals surface area contributed by atoms with E-state index in [2.05, 4.69) is 5.32 Å². The van der Waals surface area contributed by atoms with Gasteiger partial charge in [-0.15, -0.1) is 0 Å². The zero-order valence-electron chi connectivity index (χ0n) is 8.58. The summed E-state index contributed by atoms with van der Waals surface area (Å²) >= 11 is 0. The average molecular weight is 213 g/mol. The molecule has 2 N–H and O–H groups in total. The van der Waals surface area contributed by atoms with Crippen LogP contribution in [0.1, 0.15) is 6.42 Å². The molecule has 0 aliphatic carbocycles. The quantitative estimate of drug-likeness (QED) is 0.668. The number of nitrogens with one attached hydrogen (secondary N) is 1. The highest BCUT2D eigenvalue weighted by atomic mass is 19.1. The molecule has 1 rings (SSSR count). The first kappa shape index (κ1) is 11.9. The Labute approximate surface area is 88.9 Å². The van der Waals surface area contributed by atoms with Crippen molar-refractivity contribution in [3.8, 4) is 5.75 Å². The van der Waals surface area contributed by atoms with Crippen molar-refractivity contribution in [2.75, 3.05) is 26.3 Å². The highest BCUT2D eigenvalue weighted by Crippen LogP contribution is 2.10. The van der Waals surface area contributed by atoms with E-state index >= 15 is 0 Å². The summed E-state index contributed by atoms with van der Waals surface area (Å²) in [5.41, 5.74) is 0. The van der Waals surface area contributed by atoms with Crippen molar-refractivity contribution in [3.63, 3.8) is 0 Å². The summed E-state index contributed by atoms with van der Waals surface area (Å²) in [6, 6.07) is 5.96. The molecule has 4 heteroatoms. The van der Waals surface area contributed by atoms with E-state index in [1.807, 2.05) is 0 Å². The molecular formula is C11H16FNO2. The van der Waals surface area contributed by atoms with Crippen LogP contribution in [0.3, 0.4) is 0 Å². The van der Waals surface area contributed by atoms with Gasteiger partial charge in [-0.05, 0) is 37.2 Å². The highest BCUT2D eigenvalue weighted by Gasteiger charge is 1.94. The van der Waals surface area contributed by atoms with Crippen LogP contribution in [-0.4, -0.2) is 31.4 Å². The van der Waals surface area contributed by atoms with Gasteiger partial charge in [-0.25, -0.2) is 4.39 Å². The third kappa shape index (κ3) is 5.34.